The zero-order valence-electron chi connectivity index (χ0n) is 12.7. The van der Waals surface area contributed by atoms with Gasteiger partial charge < -0.3 is 5.73 Å². The molecular weight excluding hydrogens is 317 g/mol. The standard InChI is InChI=1S/C16H15ClFN5/c1-9(19)11-7-6-10(8-14(11)18)12-4-3-5-13(17)15(12)16-20-22-23(2)21-16/h3-9H,19H2,1-2H3/t9-/m1/s1. The van der Waals surface area contributed by atoms with Gasteiger partial charge in [0.05, 0.1) is 12.1 Å². The highest BCUT2D eigenvalue weighted by atomic mass is 35.5. The molecule has 0 unspecified atom stereocenters. The highest BCUT2D eigenvalue weighted by Crippen LogP contribution is 2.36. The van der Waals surface area contributed by atoms with Crippen LogP contribution in [0.25, 0.3) is 22.5 Å². The Hall–Kier alpha value is -2.31. The highest BCUT2D eigenvalue weighted by Gasteiger charge is 2.17. The van der Waals surface area contributed by atoms with E-state index in [1.54, 1.807) is 32.2 Å². The van der Waals surface area contributed by atoms with E-state index in [0.717, 1.165) is 5.56 Å². The number of tetrazole rings is 1. The molecule has 2 aromatic carbocycles. The van der Waals surface area contributed by atoms with Crippen molar-refractivity contribution in [3.05, 3.63) is 52.8 Å². The van der Waals surface area contributed by atoms with Gasteiger partial charge in [-0.05, 0) is 35.4 Å². The Kier molecular flexibility index (Phi) is 4.11. The van der Waals surface area contributed by atoms with Crippen molar-refractivity contribution in [1.82, 2.24) is 20.2 Å². The van der Waals surface area contributed by atoms with E-state index in [2.05, 4.69) is 15.4 Å². The maximum atomic E-state index is 14.3. The molecule has 3 rings (SSSR count). The number of benzene rings is 2. The summed E-state index contributed by atoms with van der Waals surface area (Å²) in [5.74, 6) is 0.0420. The van der Waals surface area contributed by atoms with Crippen molar-refractivity contribution in [2.24, 2.45) is 12.8 Å². The van der Waals surface area contributed by atoms with Gasteiger partial charge in [0.1, 0.15) is 5.82 Å². The summed E-state index contributed by atoms with van der Waals surface area (Å²) in [6.07, 6.45) is 0. The molecule has 3 aromatic rings. The molecule has 0 saturated carbocycles. The molecule has 1 heterocycles. The second kappa shape index (κ2) is 6.06. The maximum Gasteiger partial charge on any atom is 0.207 e. The minimum atomic E-state index is -0.371. The Morgan fingerprint density at radius 2 is 2.04 bits per heavy atom. The molecule has 1 atom stereocenters. The van der Waals surface area contributed by atoms with Crippen LogP contribution in [0.4, 0.5) is 4.39 Å². The van der Waals surface area contributed by atoms with E-state index in [4.69, 9.17) is 17.3 Å². The Balaban J connectivity index is 2.18. The van der Waals surface area contributed by atoms with E-state index < -0.39 is 0 Å². The van der Waals surface area contributed by atoms with Gasteiger partial charge in [0.25, 0.3) is 0 Å². The van der Waals surface area contributed by atoms with Gasteiger partial charge in [-0.1, -0.05) is 35.9 Å². The number of nitrogens with zero attached hydrogens (tertiary/aromatic N) is 4. The fraction of sp³-hybridized carbons (Fsp3) is 0.188. The zero-order chi connectivity index (χ0) is 16.6. The number of hydrogen-bond acceptors (Lipinski definition) is 4. The third kappa shape index (κ3) is 2.95. The fourth-order valence-corrected chi connectivity index (χ4v) is 2.70. The summed E-state index contributed by atoms with van der Waals surface area (Å²) in [6.45, 7) is 1.74. The average Bonchev–Trinajstić information content (AvgIpc) is 2.92. The molecular formula is C16H15ClFN5. The monoisotopic (exact) mass is 331 g/mol. The minimum absolute atomic E-state index is 0.351. The number of halogens is 2. The summed E-state index contributed by atoms with van der Waals surface area (Å²) in [4.78, 5) is 1.35. The van der Waals surface area contributed by atoms with Gasteiger partial charge in [-0.15, -0.1) is 10.2 Å². The summed E-state index contributed by atoms with van der Waals surface area (Å²) in [5.41, 5.74) is 8.26. The summed E-state index contributed by atoms with van der Waals surface area (Å²) < 4.78 is 14.3. The second-order valence-electron chi connectivity index (χ2n) is 5.29. The quantitative estimate of drug-likeness (QED) is 0.799. The zero-order valence-corrected chi connectivity index (χ0v) is 13.4. The van der Waals surface area contributed by atoms with E-state index >= 15 is 0 Å². The summed E-state index contributed by atoms with van der Waals surface area (Å²) >= 11 is 6.31. The third-order valence-corrected chi connectivity index (χ3v) is 3.86. The molecule has 0 aliphatic rings. The minimum Gasteiger partial charge on any atom is -0.324 e. The number of hydrogen-bond donors (Lipinski definition) is 1. The van der Waals surface area contributed by atoms with E-state index in [1.165, 1.54) is 10.9 Å². The van der Waals surface area contributed by atoms with Crippen molar-refractivity contribution in [3.8, 4) is 22.5 Å². The van der Waals surface area contributed by atoms with Crippen molar-refractivity contribution in [2.45, 2.75) is 13.0 Å². The normalized spacial score (nSPS) is 12.4. The number of rotatable bonds is 3. The van der Waals surface area contributed by atoms with Crippen molar-refractivity contribution >= 4 is 11.6 Å². The SMILES string of the molecule is C[C@@H](N)c1ccc(-c2cccc(Cl)c2-c2nnn(C)n2)cc1F. The topological polar surface area (TPSA) is 69.6 Å². The molecule has 1 aromatic heterocycles. The van der Waals surface area contributed by atoms with Gasteiger partial charge in [0.2, 0.25) is 5.82 Å². The van der Waals surface area contributed by atoms with Gasteiger partial charge in [0.15, 0.2) is 0 Å². The largest absolute Gasteiger partial charge is 0.324 e. The summed E-state index contributed by atoms with van der Waals surface area (Å²) in [7, 11) is 1.67. The molecule has 0 saturated heterocycles. The van der Waals surface area contributed by atoms with Crippen LogP contribution in [0.5, 0.6) is 0 Å². The second-order valence-corrected chi connectivity index (χ2v) is 5.70. The van der Waals surface area contributed by atoms with E-state index in [0.29, 0.717) is 27.5 Å². The first-order valence-electron chi connectivity index (χ1n) is 7.05. The lowest BCUT2D eigenvalue weighted by Crippen LogP contribution is -2.07. The number of aryl methyl sites for hydroxylation is 1. The van der Waals surface area contributed by atoms with E-state index in [9.17, 15) is 4.39 Å². The molecule has 2 N–H and O–H groups in total. The van der Waals surface area contributed by atoms with Gasteiger partial charge in [-0.25, -0.2) is 4.39 Å². The first kappa shape index (κ1) is 15.6. The Labute approximate surface area is 137 Å². The molecule has 23 heavy (non-hydrogen) atoms. The Bertz CT molecular complexity index is 859. The highest BCUT2D eigenvalue weighted by molar-refractivity contribution is 6.33. The molecule has 0 radical (unpaired) electrons. The number of nitrogens with two attached hydrogens (primary N) is 1. The summed E-state index contributed by atoms with van der Waals surface area (Å²) in [5, 5.41) is 12.5. The van der Waals surface area contributed by atoms with Crippen molar-refractivity contribution in [3.63, 3.8) is 0 Å². The van der Waals surface area contributed by atoms with Crippen LogP contribution in [0.1, 0.15) is 18.5 Å². The van der Waals surface area contributed by atoms with Crippen LogP contribution in [-0.2, 0) is 7.05 Å². The lowest BCUT2D eigenvalue weighted by molar-refractivity contribution is 0.594. The fourth-order valence-electron chi connectivity index (χ4n) is 2.44. The number of aromatic nitrogens is 4. The molecule has 7 heteroatoms. The van der Waals surface area contributed by atoms with Crippen molar-refractivity contribution < 1.29 is 4.39 Å². The summed E-state index contributed by atoms with van der Waals surface area (Å²) in [6, 6.07) is 9.96. The maximum absolute atomic E-state index is 14.3. The van der Waals surface area contributed by atoms with Crippen LogP contribution >= 0.6 is 11.6 Å². The molecule has 0 amide bonds. The predicted octanol–water partition coefficient (Wildman–Crippen LogP) is 3.36. The molecule has 0 aliphatic heterocycles. The molecule has 0 fully saturated rings. The molecule has 0 spiro atoms. The first-order chi connectivity index (χ1) is 11.0. The first-order valence-corrected chi connectivity index (χ1v) is 7.43. The van der Waals surface area contributed by atoms with Crippen LogP contribution in [0.2, 0.25) is 5.02 Å². The Morgan fingerprint density at radius 1 is 1.26 bits per heavy atom. The van der Waals surface area contributed by atoms with Crippen LogP contribution in [0.15, 0.2) is 36.4 Å². The smallest absolute Gasteiger partial charge is 0.207 e. The molecule has 118 valence electrons. The average molecular weight is 332 g/mol. The van der Waals surface area contributed by atoms with Crippen molar-refractivity contribution in [1.29, 1.82) is 0 Å². The Morgan fingerprint density at radius 3 is 2.65 bits per heavy atom. The van der Waals surface area contributed by atoms with E-state index in [1.807, 2.05) is 12.1 Å². The van der Waals surface area contributed by atoms with Crippen LogP contribution in [-0.4, -0.2) is 20.2 Å². The van der Waals surface area contributed by atoms with Gasteiger partial charge in [-0.3, -0.25) is 0 Å². The van der Waals surface area contributed by atoms with Crippen molar-refractivity contribution in [2.75, 3.05) is 0 Å². The van der Waals surface area contributed by atoms with Gasteiger partial charge in [-0.2, -0.15) is 4.80 Å². The molecule has 0 aliphatic carbocycles. The lowest BCUT2D eigenvalue weighted by atomic mass is 9.96. The van der Waals surface area contributed by atoms with Crippen LogP contribution in [0, 0.1) is 5.82 Å². The van der Waals surface area contributed by atoms with E-state index in [-0.39, 0.29) is 11.9 Å². The molecule has 5 nitrogen and oxygen atoms in total. The van der Waals surface area contributed by atoms with Gasteiger partial charge in [0, 0.05) is 17.2 Å². The lowest BCUT2D eigenvalue weighted by Gasteiger charge is -2.12. The van der Waals surface area contributed by atoms with Crippen LogP contribution < -0.4 is 5.73 Å². The molecule has 0 bridgehead atoms. The predicted molar refractivity (Wildman–Crippen MR) is 87.2 cm³/mol. The third-order valence-electron chi connectivity index (χ3n) is 3.55. The van der Waals surface area contributed by atoms with Crippen LogP contribution in [0.3, 0.4) is 0 Å². The van der Waals surface area contributed by atoms with Gasteiger partial charge >= 0.3 is 0 Å².